The van der Waals surface area contributed by atoms with Crippen LogP contribution in [-0.2, 0) is 6.42 Å². The summed E-state index contributed by atoms with van der Waals surface area (Å²) in [6.07, 6.45) is 2.86. The lowest BCUT2D eigenvalue weighted by Crippen LogP contribution is -1.79. The first kappa shape index (κ1) is 8.57. The van der Waals surface area contributed by atoms with Crippen LogP contribution in [0, 0.1) is 3.57 Å². The van der Waals surface area contributed by atoms with E-state index in [4.69, 9.17) is 0 Å². The summed E-state index contributed by atoms with van der Waals surface area (Å²) in [5, 5.41) is 0. The number of halogens is 1. The number of rotatable bonds is 2. The molecule has 0 spiro atoms. The van der Waals surface area contributed by atoms with Crippen molar-refractivity contribution in [3.63, 3.8) is 0 Å². The Morgan fingerprint density at radius 3 is 2.55 bits per heavy atom. The van der Waals surface area contributed by atoms with Crippen LogP contribution in [0.1, 0.15) is 5.56 Å². The van der Waals surface area contributed by atoms with E-state index in [1.807, 2.05) is 6.08 Å². The molecule has 0 N–H and O–H groups in total. The first-order chi connectivity index (χ1) is 5.33. The van der Waals surface area contributed by atoms with Gasteiger partial charge >= 0.3 is 0 Å². The van der Waals surface area contributed by atoms with Crippen LogP contribution in [0.15, 0.2) is 42.7 Å². The summed E-state index contributed by atoms with van der Waals surface area (Å²) in [5.41, 5.74) is 4.06. The molecule has 0 fully saturated rings. The molecule has 0 radical (unpaired) electrons. The standard InChI is InChI=1S/C10H9I/c1-2-3-4-9-5-7-10(11)8-6-9/h3,5-8H,1,4H2. The van der Waals surface area contributed by atoms with Gasteiger partial charge in [0, 0.05) is 3.57 Å². The molecule has 0 aromatic heterocycles. The minimum atomic E-state index is 0.931. The van der Waals surface area contributed by atoms with Crippen LogP contribution >= 0.6 is 22.6 Å². The molecule has 0 saturated heterocycles. The molecule has 0 bridgehead atoms. The molecule has 1 aromatic rings. The third kappa shape index (κ3) is 2.91. The van der Waals surface area contributed by atoms with Crippen molar-refractivity contribution in [1.29, 1.82) is 0 Å². The van der Waals surface area contributed by atoms with Crippen molar-refractivity contribution < 1.29 is 0 Å². The Bertz CT molecular complexity index is 265. The minimum Gasteiger partial charge on any atom is -0.133 e. The van der Waals surface area contributed by atoms with Gasteiger partial charge in [0.1, 0.15) is 0 Å². The van der Waals surface area contributed by atoms with Crippen LogP contribution in [0.25, 0.3) is 0 Å². The Kier molecular flexibility index (Phi) is 3.40. The highest BCUT2D eigenvalue weighted by Gasteiger charge is 1.87. The zero-order valence-electron chi connectivity index (χ0n) is 6.18. The molecule has 1 heteroatoms. The Morgan fingerprint density at radius 2 is 2.00 bits per heavy atom. The summed E-state index contributed by atoms with van der Waals surface area (Å²) in [7, 11) is 0. The van der Waals surface area contributed by atoms with Crippen LogP contribution in [0.3, 0.4) is 0 Å². The summed E-state index contributed by atoms with van der Waals surface area (Å²) in [4.78, 5) is 0. The third-order valence-electron chi connectivity index (χ3n) is 1.40. The largest absolute Gasteiger partial charge is 0.133 e. The predicted octanol–water partition coefficient (Wildman–Crippen LogP) is 3.17. The highest BCUT2D eigenvalue weighted by Crippen LogP contribution is 2.07. The van der Waals surface area contributed by atoms with E-state index in [1.165, 1.54) is 9.13 Å². The lowest BCUT2D eigenvalue weighted by Gasteiger charge is -1.94. The Morgan fingerprint density at radius 1 is 1.36 bits per heavy atom. The molecule has 0 heterocycles. The van der Waals surface area contributed by atoms with Crippen LogP contribution in [0.5, 0.6) is 0 Å². The highest BCUT2D eigenvalue weighted by atomic mass is 127. The van der Waals surface area contributed by atoms with E-state index in [1.54, 1.807) is 0 Å². The number of benzene rings is 1. The van der Waals surface area contributed by atoms with Crippen molar-refractivity contribution >= 4 is 22.6 Å². The van der Waals surface area contributed by atoms with Gasteiger partial charge in [0.15, 0.2) is 0 Å². The average molecular weight is 256 g/mol. The van der Waals surface area contributed by atoms with E-state index in [0.717, 1.165) is 6.42 Å². The Balaban J connectivity index is 2.73. The number of hydrogen-bond acceptors (Lipinski definition) is 0. The molecule has 0 aliphatic heterocycles. The van der Waals surface area contributed by atoms with Gasteiger partial charge in [0.25, 0.3) is 0 Å². The monoisotopic (exact) mass is 256 g/mol. The Labute approximate surface area is 80.8 Å². The van der Waals surface area contributed by atoms with Gasteiger partial charge in [-0.2, -0.15) is 0 Å². The van der Waals surface area contributed by atoms with Crippen LogP contribution in [-0.4, -0.2) is 0 Å². The molecule has 0 atom stereocenters. The van der Waals surface area contributed by atoms with Gasteiger partial charge in [-0.1, -0.05) is 18.7 Å². The molecule has 0 nitrogen and oxygen atoms in total. The zero-order chi connectivity index (χ0) is 8.10. The lowest BCUT2D eigenvalue weighted by molar-refractivity contribution is 1.27. The molecule has 0 unspecified atom stereocenters. The summed E-state index contributed by atoms with van der Waals surface area (Å²) < 4.78 is 1.27. The first-order valence-electron chi connectivity index (χ1n) is 3.41. The molecular formula is C10H9I. The molecule has 11 heavy (non-hydrogen) atoms. The van der Waals surface area contributed by atoms with Crippen LogP contribution in [0.4, 0.5) is 0 Å². The Hall–Kier alpha value is -0.530. The van der Waals surface area contributed by atoms with Gasteiger partial charge in [0.2, 0.25) is 0 Å². The van der Waals surface area contributed by atoms with E-state index in [0.29, 0.717) is 0 Å². The molecule has 56 valence electrons. The van der Waals surface area contributed by atoms with Crippen molar-refractivity contribution in [3.05, 3.63) is 51.8 Å². The maximum Gasteiger partial charge on any atom is 0.0130 e. The van der Waals surface area contributed by atoms with Gasteiger partial charge in [-0.15, -0.1) is 5.73 Å². The molecular weight excluding hydrogens is 247 g/mol. The fourth-order valence-corrected chi connectivity index (χ4v) is 1.17. The van der Waals surface area contributed by atoms with E-state index >= 15 is 0 Å². The van der Waals surface area contributed by atoms with Gasteiger partial charge in [-0.3, -0.25) is 0 Å². The summed E-state index contributed by atoms with van der Waals surface area (Å²) in [6, 6.07) is 8.45. The second-order valence-corrected chi connectivity index (χ2v) is 3.48. The fourth-order valence-electron chi connectivity index (χ4n) is 0.811. The van der Waals surface area contributed by atoms with Gasteiger partial charge in [0.05, 0.1) is 0 Å². The van der Waals surface area contributed by atoms with Crippen molar-refractivity contribution in [1.82, 2.24) is 0 Å². The summed E-state index contributed by atoms with van der Waals surface area (Å²) in [5.74, 6) is 0. The van der Waals surface area contributed by atoms with Crippen LogP contribution < -0.4 is 0 Å². The molecule has 0 saturated carbocycles. The van der Waals surface area contributed by atoms with Crippen LogP contribution in [0.2, 0.25) is 0 Å². The third-order valence-corrected chi connectivity index (χ3v) is 2.11. The van der Waals surface area contributed by atoms with Crippen molar-refractivity contribution in [2.75, 3.05) is 0 Å². The van der Waals surface area contributed by atoms with Crippen molar-refractivity contribution in [3.8, 4) is 0 Å². The van der Waals surface area contributed by atoms with E-state index in [-0.39, 0.29) is 0 Å². The normalized spacial score (nSPS) is 8.82. The van der Waals surface area contributed by atoms with E-state index in [2.05, 4.69) is 59.2 Å². The number of hydrogen-bond donors (Lipinski definition) is 0. The minimum absolute atomic E-state index is 0.931. The average Bonchev–Trinajstić information content (AvgIpc) is 2.04. The smallest absolute Gasteiger partial charge is 0.0130 e. The van der Waals surface area contributed by atoms with Gasteiger partial charge in [-0.25, -0.2) is 0 Å². The fraction of sp³-hybridized carbons (Fsp3) is 0.100. The zero-order valence-corrected chi connectivity index (χ0v) is 8.34. The number of allylic oxidation sites excluding steroid dienone is 1. The topological polar surface area (TPSA) is 0 Å². The maximum absolute atomic E-state index is 3.51. The van der Waals surface area contributed by atoms with E-state index < -0.39 is 0 Å². The quantitative estimate of drug-likeness (QED) is 0.563. The molecule has 0 aliphatic carbocycles. The second-order valence-electron chi connectivity index (χ2n) is 2.24. The molecule has 1 rings (SSSR count). The highest BCUT2D eigenvalue weighted by molar-refractivity contribution is 14.1. The molecule has 0 amide bonds. The van der Waals surface area contributed by atoms with Crippen molar-refractivity contribution in [2.24, 2.45) is 0 Å². The first-order valence-corrected chi connectivity index (χ1v) is 4.49. The van der Waals surface area contributed by atoms with Gasteiger partial charge in [-0.05, 0) is 52.8 Å². The predicted molar refractivity (Wildman–Crippen MR) is 56.6 cm³/mol. The summed E-state index contributed by atoms with van der Waals surface area (Å²) in [6.45, 7) is 3.51. The van der Waals surface area contributed by atoms with Gasteiger partial charge < -0.3 is 0 Å². The lowest BCUT2D eigenvalue weighted by atomic mass is 10.1. The molecule has 1 aromatic carbocycles. The molecule has 0 aliphatic rings. The second kappa shape index (κ2) is 4.37. The van der Waals surface area contributed by atoms with E-state index in [9.17, 15) is 0 Å². The summed E-state index contributed by atoms with van der Waals surface area (Å²) >= 11 is 2.30. The maximum atomic E-state index is 3.51. The van der Waals surface area contributed by atoms with Crippen molar-refractivity contribution in [2.45, 2.75) is 6.42 Å². The SMILES string of the molecule is C=C=CCc1ccc(I)cc1.